The van der Waals surface area contributed by atoms with Crippen LogP contribution in [0.3, 0.4) is 0 Å². The predicted molar refractivity (Wildman–Crippen MR) is 100 cm³/mol. The molecular weight excluding hydrogens is 330 g/mol. The SMILES string of the molecule is O=[N+]([O-])c1ccc(NC2CCOC(c3ccccc3)C2)c2ncccc12. The number of hydrogen-bond donors (Lipinski definition) is 1. The monoisotopic (exact) mass is 349 g/mol. The van der Waals surface area contributed by atoms with Crippen LogP contribution in [0.4, 0.5) is 11.4 Å². The molecular formula is C20H19N3O3. The molecule has 2 atom stereocenters. The van der Waals surface area contributed by atoms with Gasteiger partial charge in [-0.15, -0.1) is 0 Å². The van der Waals surface area contributed by atoms with Crippen molar-refractivity contribution >= 4 is 22.3 Å². The first-order valence-corrected chi connectivity index (χ1v) is 8.67. The van der Waals surface area contributed by atoms with Gasteiger partial charge in [-0.1, -0.05) is 30.3 Å². The lowest BCUT2D eigenvalue weighted by Crippen LogP contribution is -2.30. The van der Waals surface area contributed by atoms with Crippen molar-refractivity contribution in [1.82, 2.24) is 4.98 Å². The van der Waals surface area contributed by atoms with Crippen LogP contribution in [-0.4, -0.2) is 22.6 Å². The van der Waals surface area contributed by atoms with Crippen molar-refractivity contribution in [3.05, 3.63) is 76.5 Å². The molecule has 1 saturated heterocycles. The fraction of sp³-hybridized carbons (Fsp3) is 0.250. The van der Waals surface area contributed by atoms with Gasteiger partial charge < -0.3 is 10.1 Å². The molecule has 4 rings (SSSR count). The van der Waals surface area contributed by atoms with Crippen LogP contribution in [0, 0.1) is 10.1 Å². The van der Waals surface area contributed by atoms with Gasteiger partial charge in [-0.05, 0) is 36.6 Å². The van der Waals surface area contributed by atoms with Gasteiger partial charge in [0.15, 0.2) is 0 Å². The maximum absolute atomic E-state index is 11.3. The fourth-order valence-corrected chi connectivity index (χ4v) is 3.48. The highest BCUT2D eigenvalue weighted by Crippen LogP contribution is 2.33. The van der Waals surface area contributed by atoms with Crippen LogP contribution in [0.5, 0.6) is 0 Å². The third-order valence-corrected chi connectivity index (χ3v) is 4.76. The first-order chi connectivity index (χ1) is 12.7. The molecule has 1 aliphatic heterocycles. The summed E-state index contributed by atoms with van der Waals surface area (Å²) in [6.07, 6.45) is 3.44. The zero-order chi connectivity index (χ0) is 17.9. The highest BCUT2D eigenvalue weighted by molar-refractivity contribution is 5.96. The van der Waals surface area contributed by atoms with Gasteiger partial charge in [0, 0.05) is 24.9 Å². The number of anilines is 1. The van der Waals surface area contributed by atoms with E-state index in [-0.39, 0.29) is 22.8 Å². The van der Waals surface area contributed by atoms with Gasteiger partial charge in [0.05, 0.1) is 22.1 Å². The van der Waals surface area contributed by atoms with E-state index in [9.17, 15) is 10.1 Å². The zero-order valence-electron chi connectivity index (χ0n) is 14.2. The molecule has 0 radical (unpaired) electrons. The Morgan fingerprint density at radius 2 is 1.96 bits per heavy atom. The van der Waals surface area contributed by atoms with Crippen molar-refractivity contribution in [1.29, 1.82) is 0 Å². The number of nitro benzene ring substituents is 1. The van der Waals surface area contributed by atoms with Gasteiger partial charge in [-0.2, -0.15) is 0 Å². The van der Waals surface area contributed by atoms with E-state index in [0.717, 1.165) is 18.5 Å². The predicted octanol–water partition coefficient (Wildman–Crippen LogP) is 4.48. The second-order valence-corrected chi connectivity index (χ2v) is 6.42. The van der Waals surface area contributed by atoms with E-state index in [2.05, 4.69) is 22.4 Å². The third-order valence-electron chi connectivity index (χ3n) is 4.76. The van der Waals surface area contributed by atoms with E-state index < -0.39 is 0 Å². The van der Waals surface area contributed by atoms with E-state index in [1.54, 1.807) is 30.5 Å². The Morgan fingerprint density at radius 3 is 2.77 bits per heavy atom. The summed E-state index contributed by atoms with van der Waals surface area (Å²) in [6.45, 7) is 0.676. The Morgan fingerprint density at radius 1 is 1.12 bits per heavy atom. The zero-order valence-corrected chi connectivity index (χ0v) is 14.2. The lowest BCUT2D eigenvalue weighted by molar-refractivity contribution is -0.383. The smallest absolute Gasteiger partial charge is 0.278 e. The molecule has 1 aromatic heterocycles. The number of benzene rings is 2. The summed E-state index contributed by atoms with van der Waals surface area (Å²) < 4.78 is 5.93. The molecule has 0 spiro atoms. The van der Waals surface area contributed by atoms with Crippen LogP contribution < -0.4 is 5.32 Å². The minimum atomic E-state index is -0.367. The summed E-state index contributed by atoms with van der Waals surface area (Å²) in [5.41, 5.74) is 2.70. The molecule has 2 heterocycles. The molecule has 0 saturated carbocycles. The molecule has 3 aromatic rings. The maximum atomic E-state index is 11.3. The number of ether oxygens (including phenoxy) is 1. The lowest BCUT2D eigenvalue weighted by atomic mass is 9.97. The third kappa shape index (κ3) is 3.23. The van der Waals surface area contributed by atoms with Crippen LogP contribution >= 0.6 is 0 Å². The van der Waals surface area contributed by atoms with E-state index in [4.69, 9.17) is 4.74 Å². The molecule has 1 fully saturated rings. The Labute approximate surface area is 151 Å². The van der Waals surface area contributed by atoms with Crippen LogP contribution in [0.25, 0.3) is 10.9 Å². The molecule has 2 unspecified atom stereocenters. The number of pyridine rings is 1. The number of hydrogen-bond acceptors (Lipinski definition) is 5. The number of nitrogens with one attached hydrogen (secondary N) is 1. The van der Waals surface area contributed by atoms with Crippen LogP contribution in [0.1, 0.15) is 24.5 Å². The number of fused-ring (bicyclic) bond motifs is 1. The van der Waals surface area contributed by atoms with Gasteiger partial charge in [-0.25, -0.2) is 0 Å². The van der Waals surface area contributed by atoms with Gasteiger partial charge in [0.1, 0.15) is 5.52 Å². The van der Waals surface area contributed by atoms with Crippen molar-refractivity contribution < 1.29 is 9.66 Å². The van der Waals surface area contributed by atoms with Crippen molar-refractivity contribution in [2.75, 3.05) is 11.9 Å². The minimum absolute atomic E-state index is 0.0553. The van der Waals surface area contributed by atoms with E-state index in [0.29, 0.717) is 17.5 Å². The van der Waals surface area contributed by atoms with Crippen LogP contribution in [-0.2, 0) is 4.74 Å². The highest BCUT2D eigenvalue weighted by atomic mass is 16.6. The lowest BCUT2D eigenvalue weighted by Gasteiger charge is -2.31. The Bertz CT molecular complexity index is 930. The fourth-order valence-electron chi connectivity index (χ4n) is 3.48. The topological polar surface area (TPSA) is 77.3 Å². The highest BCUT2D eigenvalue weighted by Gasteiger charge is 2.25. The summed E-state index contributed by atoms with van der Waals surface area (Å²) in [6, 6.07) is 17.2. The number of non-ortho nitro benzene ring substituents is 1. The molecule has 0 amide bonds. The standard InChI is InChI=1S/C20H19N3O3/c24-23(25)18-9-8-17(20-16(18)7-4-11-21-20)22-15-10-12-26-19(13-15)14-5-2-1-3-6-14/h1-9,11,15,19,22H,10,12-13H2. The van der Waals surface area contributed by atoms with Crippen molar-refractivity contribution in [3.63, 3.8) is 0 Å². The quantitative estimate of drug-likeness (QED) is 0.555. The van der Waals surface area contributed by atoms with Crippen molar-refractivity contribution in [2.24, 2.45) is 0 Å². The second kappa shape index (κ2) is 7.09. The molecule has 6 heteroatoms. The number of nitro groups is 1. The van der Waals surface area contributed by atoms with Gasteiger partial charge in [-0.3, -0.25) is 15.1 Å². The largest absolute Gasteiger partial charge is 0.380 e. The molecule has 1 aliphatic rings. The van der Waals surface area contributed by atoms with Gasteiger partial charge in [0.2, 0.25) is 0 Å². The summed E-state index contributed by atoms with van der Waals surface area (Å²) in [7, 11) is 0. The normalized spacial score (nSPS) is 20.0. The number of rotatable bonds is 4. The van der Waals surface area contributed by atoms with E-state index >= 15 is 0 Å². The van der Waals surface area contributed by atoms with Crippen LogP contribution in [0.2, 0.25) is 0 Å². The molecule has 2 aromatic carbocycles. The molecule has 132 valence electrons. The first-order valence-electron chi connectivity index (χ1n) is 8.67. The van der Waals surface area contributed by atoms with E-state index in [1.165, 1.54) is 5.56 Å². The van der Waals surface area contributed by atoms with Crippen molar-refractivity contribution in [3.8, 4) is 0 Å². The molecule has 6 nitrogen and oxygen atoms in total. The van der Waals surface area contributed by atoms with Gasteiger partial charge in [0.25, 0.3) is 5.69 Å². The number of aromatic nitrogens is 1. The average Bonchev–Trinajstić information content (AvgIpc) is 2.69. The molecule has 0 aliphatic carbocycles. The van der Waals surface area contributed by atoms with Crippen LogP contribution in [0.15, 0.2) is 60.8 Å². The minimum Gasteiger partial charge on any atom is -0.380 e. The Balaban J connectivity index is 1.59. The van der Waals surface area contributed by atoms with E-state index in [1.807, 2.05) is 18.2 Å². The Hall–Kier alpha value is -2.99. The van der Waals surface area contributed by atoms with Crippen molar-refractivity contribution in [2.45, 2.75) is 25.0 Å². The molecule has 26 heavy (non-hydrogen) atoms. The average molecular weight is 349 g/mol. The van der Waals surface area contributed by atoms with Gasteiger partial charge >= 0.3 is 0 Å². The summed E-state index contributed by atoms with van der Waals surface area (Å²) >= 11 is 0. The Kier molecular flexibility index (Phi) is 4.50. The molecule has 1 N–H and O–H groups in total. The second-order valence-electron chi connectivity index (χ2n) is 6.42. The summed E-state index contributed by atoms with van der Waals surface area (Å²) in [4.78, 5) is 15.3. The summed E-state index contributed by atoms with van der Waals surface area (Å²) in [5.74, 6) is 0. The summed E-state index contributed by atoms with van der Waals surface area (Å²) in [5, 5.41) is 15.3. The first kappa shape index (κ1) is 16.5. The number of nitrogens with zero attached hydrogens (tertiary/aromatic N) is 2. The maximum Gasteiger partial charge on any atom is 0.278 e. The molecule has 0 bridgehead atoms.